The molecular weight excluding hydrogens is 314 g/mol. The molecule has 2 aromatic rings. The first-order valence-corrected chi connectivity index (χ1v) is 6.65. The molecule has 0 spiro atoms. The molecule has 3 N–H and O–H groups in total. The van der Waals surface area contributed by atoms with Crippen LogP contribution in [0, 0.1) is 10.1 Å². The van der Waals surface area contributed by atoms with Gasteiger partial charge in [0, 0.05) is 23.3 Å². The maximum atomic E-state index is 10.8. The Morgan fingerprint density at radius 2 is 1.79 bits per heavy atom. The SMILES string of the molecule is C=C(O/C(=N\N)c1ccc(C(=O)O)cc1)c1cccc([N+](=O)[O-])c1. The molecule has 24 heavy (non-hydrogen) atoms. The van der Waals surface area contributed by atoms with Gasteiger partial charge >= 0.3 is 5.97 Å². The van der Waals surface area contributed by atoms with Crippen molar-refractivity contribution in [2.75, 3.05) is 0 Å². The predicted octanol–water partition coefficient (Wildman–Crippen LogP) is 2.60. The number of benzene rings is 2. The smallest absolute Gasteiger partial charge is 0.335 e. The number of nitro groups is 1. The van der Waals surface area contributed by atoms with Gasteiger partial charge in [-0.15, -0.1) is 5.10 Å². The molecule has 0 amide bonds. The number of carboxylic acids is 1. The van der Waals surface area contributed by atoms with Gasteiger partial charge in [0.05, 0.1) is 10.5 Å². The second kappa shape index (κ2) is 7.05. The van der Waals surface area contributed by atoms with E-state index in [-0.39, 0.29) is 22.9 Å². The minimum Gasteiger partial charge on any atom is -0.478 e. The first kappa shape index (κ1) is 16.7. The van der Waals surface area contributed by atoms with Gasteiger partial charge in [0.15, 0.2) is 0 Å². The van der Waals surface area contributed by atoms with Gasteiger partial charge in [0.1, 0.15) is 5.76 Å². The Hall–Kier alpha value is -3.68. The van der Waals surface area contributed by atoms with Gasteiger partial charge in [0.2, 0.25) is 5.90 Å². The molecule has 0 fully saturated rings. The lowest BCUT2D eigenvalue weighted by Crippen LogP contribution is -2.09. The summed E-state index contributed by atoms with van der Waals surface area (Å²) in [6, 6.07) is 11.5. The number of nitrogens with zero attached hydrogens (tertiary/aromatic N) is 2. The van der Waals surface area contributed by atoms with Crippen LogP contribution in [-0.2, 0) is 4.74 Å². The van der Waals surface area contributed by atoms with Gasteiger partial charge < -0.3 is 15.7 Å². The number of nitro benzene ring substituents is 1. The fourth-order valence-corrected chi connectivity index (χ4v) is 1.88. The van der Waals surface area contributed by atoms with Crippen LogP contribution in [0.1, 0.15) is 21.5 Å². The first-order chi connectivity index (χ1) is 11.4. The van der Waals surface area contributed by atoms with Crippen LogP contribution in [0.2, 0.25) is 0 Å². The first-order valence-electron chi connectivity index (χ1n) is 6.65. The van der Waals surface area contributed by atoms with E-state index < -0.39 is 10.9 Å². The van der Waals surface area contributed by atoms with Crippen molar-refractivity contribution in [1.82, 2.24) is 0 Å². The second-order valence-electron chi connectivity index (χ2n) is 4.65. The minimum atomic E-state index is -1.06. The van der Waals surface area contributed by atoms with E-state index in [1.807, 2.05) is 0 Å². The number of aromatic carboxylic acids is 1. The van der Waals surface area contributed by atoms with Crippen molar-refractivity contribution in [3.63, 3.8) is 0 Å². The highest BCUT2D eigenvalue weighted by atomic mass is 16.6. The molecule has 2 aromatic carbocycles. The zero-order valence-corrected chi connectivity index (χ0v) is 12.4. The van der Waals surface area contributed by atoms with Gasteiger partial charge in [-0.25, -0.2) is 4.79 Å². The third-order valence-corrected chi connectivity index (χ3v) is 3.09. The minimum absolute atomic E-state index is 0.00319. The van der Waals surface area contributed by atoms with Gasteiger partial charge in [0.25, 0.3) is 5.69 Å². The van der Waals surface area contributed by atoms with E-state index in [4.69, 9.17) is 15.7 Å². The Balaban J connectivity index is 2.21. The van der Waals surface area contributed by atoms with Gasteiger partial charge in [-0.3, -0.25) is 10.1 Å². The number of ether oxygens (including phenoxy) is 1. The Morgan fingerprint density at radius 3 is 2.33 bits per heavy atom. The van der Waals surface area contributed by atoms with Crippen LogP contribution < -0.4 is 5.84 Å². The third-order valence-electron chi connectivity index (χ3n) is 3.09. The second-order valence-corrected chi connectivity index (χ2v) is 4.65. The normalized spacial score (nSPS) is 10.9. The average Bonchev–Trinajstić information content (AvgIpc) is 2.59. The summed E-state index contributed by atoms with van der Waals surface area (Å²) < 4.78 is 5.47. The Bertz CT molecular complexity index is 828. The number of carboxylic acid groups (broad SMARTS) is 1. The van der Waals surface area contributed by atoms with Crippen LogP contribution in [0.4, 0.5) is 5.69 Å². The molecule has 0 radical (unpaired) electrons. The molecule has 0 aliphatic carbocycles. The van der Waals surface area contributed by atoms with Crippen molar-refractivity contribution in [3.8, 4) is 0 Å². The van der Waals surface area contributed by atoms with Crippen LogP contribution in [-0.4, -0.2) is 21.9 Å². The lowest BCUT2D eigenvalue weighted by Gasteiger charge is -2.11. The van der Waals surface area contributed by atoms with Crippen molar-refractivity contribution in [3.05, 3.63) is 81.9 Å². The number of hydrazone groups is 1. The van der Waals surface area contributed by atoms with E-state index in [2.05, 4.69) is 11.7 Å². The largest absolute Gasteiger partial charge is 0.478 e. The fourth-order valence-electron chi connectivity index (χ4n) is 1.88. The zero-order chi connectivity index (χ0) is 17.7. The summed E-state index contributed by atoms with van der Waals surface area (Å²) in [7, 11) is 0. The van der Waals surface area contributed by atoms with Gasteiger partial charge in [-0.05, 0) is 24.3 Å². The van der Waals surface area contributed by atoms with Gasteiger partial charge in [-0.2, -0.15) is 0 Å². The number of hydrogen-bond acceptors (Lipinski definition) is 6. The highest BCUT2D eigenvalue weighted by molar-refractivity contribution is 5.98. The van der Waals surface area contributed by atoms with Crippen molar-refractivity contribution in [2.24, 2.45) is 10.9 Å². The van der Waals surface area contributed by atoms with E-state index in [1.165, 1.54) is 42.5 Å². The van der Waals surface area contributed by atoms with Crippen LogP contribution in [0.15, 0.2) is 60.2 Å². The predicted molar refractivity (Wildman–Crippen MR) is 87.3 cm³/mol. The molecule has 0 bridgehead atoms. The van der Waals surface area contributed by atoms with Crippen LogP contribution in [0.25, 0.3) is 5.76 Å². The van der Waals surface area contributed by atoms with Crippen molar-refractivity contribution >= 4 is 23.3 Å². The van der Waals surface area contributed by atoms with Crippen LogP contribution >= 0.6 is 0 Å². The summed E-state index contributed by atoms with van der Waals surface area (Å²) in [5.41, 5.74) is 0.837. The van der Waals surface area contributed by atoms with E-state index in [1.54, 1.807) is 6.07 Å². The lowest BCUT2D eigenvalue weighted by molar-refractivity contribution is -0.384. The number of hydrogen-bond donors (Lipinski definition) is 2. The topological polar surface area (TPSA) is 128 Å². The summed E-state index contributed by atoms with van der Waals surface area (Å²) in [4.78, 5) is 21.1. The van der Waals surface area contributed by atoms with E-state index >= 15 is 0 Å². The molecular formula is C16H13N3O5. The maximum Gasteiger partial charge on any atom is 0.335 e. The molecule has 0 saturated heterocycles. The zero-order valence-electron chi connectivity index (χ0n) is 12.4. The standard InChI is InChI=1S/C16H13N3O5/c1-10(13-3-2-4-14(9-13)19(22)23)24-15(18-17)11-5-7-12(8-6-11)16(20)21/h2-9H,1,17H2,(H,20,21)/b18-15-. The molecule has 0 aliphatic rings. The average molecular weight is 327 g/mol. The van der Waals surface area contributed by atoms with E-state index in [9.17, 15) is 14.9 Å². The molecule has 122 valence electrons. The summed E-state index contributed by atoms with van der Waals surface area (Å²) in [6.45, 7) is 3.71. The van der Waals surface area contributed by atoms with Crippen LogP contribution in [0.3, 0.4) is 0 Å². The Labute approximate surface area is 136 Å². The Kier molecular flexibility index (Phi) is 4.90. The van der Waals surface area contributed by atoms with E-state index in [0.717, 1.165) is 0 Å². The molecule has 0 aliphatic heterocycles. The summed E-state index contributed by atoms with van der Waals surface area (Å²) in [6.07, 6.45) is 0. The summed E-state index contributed by atoms with van der Waals surface area (Å²) >= 11 is 0. The molecule has 0 atom stereocenters. The lowest BCUT2D eigenvalue weighted by atomic mass is 10.1. The summed E-state index contributed by atoms with van der Waals surface area (Å²) in [5, 5.41) is 23.2. The van der Waals surface area contributed by atoms with E-state index in [0.29, 0.717) is 11.1 Å². The highest BCUT2D eigenvalue weighted by Crippen LogP contribution is 2.21. The highest BCUT2D eigenvalue weighted by Gasteiger charge is 2.13. The molecule has 0 aromatic heterocycles. The number of carbonyl (C=O) groups is 1. The number of non-ortho nitro benzene ring substituents is 1. The quantitative estimate of drug-likeness (QED) is 0.217. The van der Waals surface area contributed by atoms with Crippen LogP contribution in [0.5, 0.6) is 0 Å². The van der Waals surface area contributed by atoms with Crippen molar-refractivity contribution in [1.29, 1.82) is 0 Å². The number of nitrogens with two attached hydrogens (primary N) is 1. The van der Waals surface area contributed by atoms with Crippen molar-refractivity contribution < 1.29 is 19.6 Å². The molecule has 0 heterocycles. The molecule has 0 unspecified atom stereocenters. The fraction of sp³-hybridized carbons (Fsp3) is 0. The summed E-state index contributed by atoms with van der Waals surface area (Å²) in [5.74, 6) is 4.36. The number of rotatable bonds is 5. The molecule has 0 saturated carbocycles. The third kappa shape index (κ3) is 3.74. The monoisotopic (exact) mass is 327 g/mol. The Morgan fingerprint density at radius 1 is 1.17 bits per heavy atom. The molecule has 2 rings (SSSR count). The molecule has 8 heteroatoms. The van der Waals surface area contributed by atoms with Crippen molar-refractivity contribution in [2.45, 2.75) is 0 Å². The maximum absolute atomic E-state index is 10.8. The van der Waals surface area contributed by atoms with Gasteiger partial charge in [-0.1, -0.05) is 18.7 Å². The molecule has 8 nitrogen and oxygen atoms in total.